The van der Waals surface area contributed by atoms with Gasteiger partial charge in [0.05, 0.1) is 10.8 Å². The molecule has 0 spiro atoms. The van der Waals surface area contributed by atoms with Crippen LogP contribution in [0.2, 0.25) is 0 Å². The van der Waals surface area contributed by atoms with Crippen LogP contribution in [-0.2, 0) is 24.3 Å². The number of fused-ring (bicyclic) bond motifs is 2. The second-order valence-electron chi connectivity index (χ2n) is 16.0. The Kier molecular flexibility index (Phi) is 11.7. The van der Waals surface area contributed by atoms with E-state index in [2.05, 4.69) is 57.8 Å². The molecule has 59 heavy (non-hydrogen) atoms. The molecular formula is C44H52FN13O. The Hall–Kier alpha value is -6.06. The second-order valence-corrected chi connectivity index (χ2v) is 16.0. The number of aryl methyl sites for hydroxylation is 4. The molecule has 0 radical (unpaired) electrons. The number of nitrogen functional groups attached to an aromatic ring is 2. The van der Waals surface area contributed by atoms with Gasteiger partial charge < -0.3 is 27.4 Å². The maximum absolute atomic E-state index is 13.3. The number of benzene rings is 2. The molecule has 2 aliphatic rings. The second kappa shape index (κ2) is 17.4. The van der Waals surface area contributed by atoms with Gasteiger partial charge in [0, 0.05) is 74.8 Å². The van der Waals surface area contributed by atoms with Gasteiger partial charge in [-0.3, -0.25) is 14.6 Å². The normalized spacial score (nSPS) is 15.8. The Morgan fingerprint density at radius 2 is 1.17 bits per heavy atom. The highest BCUT2D eigenvalue weighted by Crippen LogP contribution is 2.27. The van der Waals surface area contributed by atoms with Crippen molar-refractivity contribution in [1.29, 1.82) is 0 Å². The van der Waals surface area contributed by atoms with Crippen LogP contribution < -0.4 is 27.4 Å². The zero-order valence-corrected chi connectivity index (χ0v) is 33.9. The van der Waals surface area contributed by atoms with E-state index in [0.29, 0.717) is 41.2 Å². The molecule has 0 atom stereocenters. The highest BCUT2D eigenvalue weighted by molar-refractivity contribution is 5.92. The van der Waals surface area contributed by atoms with Crippen LogP contribution in [0.4, 0.5) is 33.6 Å². The van der Waals surface area contributed by atoms with Crippen molar-refractivity contribution < 1.29 is 9.18 Å². The molecule has 0 saturated carbocycles. The van der Waals surface area contributed by atoms with Crippen molar-refractivity contribution in [2.24, 2.45) is 0 Å². The summed E-state index contributed by atoms with van der Waals surface area (Å²) in [6.45, 7) is 11.2. The van der Waals surface area contributed by atoms with Crippen LogP contribution in [0.3, 0.4) is 0 Å². The van der Waals surface area contributed by atoms with Crippen molar-refractivity contribution in [2.45, 2.75) is 84.5 Å². The van der Waals surface area contributed by atoms with Crippen LogP contribution in [0.25, 0.3) is 22.1 Å². The highest BCUT2D eigenvalue weighted by atomic mass is 19.1. The zero-order chi connectivity index (χ0) is 41.0. The molecule has 0 aliphatic carbocycles. The van der Waals surface area contributed by atoms with Crippen molar-refractivity contribution in [3.8, 4) is 0 Å². The number of hydrogen-bond donors (Lipinski definition) is 5. The van der Waals surface area contributed by atoms with Crippen molar-refractivity contribution in [2.75, 3.05) is 53.6 Å². The van der Waals surface area contributed by atoms with Gasteiger partial charge in [-0.1, -0.05) is 24.3 Å². The van der Waals surface area contributed by atoms with Crippen molar-refractivity contribution in [3.05, 3.63) is 100 Å². The Bertz CT molecular complexity index is 2450. The minimum atomic E-state index is -0.218. The quantitative estimate of drug-likeness (QED) is 0.0927. The first-order valence-electron chi connectivity index (χ1n) is 20.5. The maximum Gasteiger partial charge on any atom is 0.226 e. The van der Waals surface area contributed by atoms with Gasteiger partial charge in [-0.05, 0) is 112 Å². The Morgan fingerprint density at radius 3 is 1.71 bits per heavy atom. The predicted molar refractivity (Wildman–Crippen MR) is 231 cm³/mol. The van der Waals surface area contributed by atoms with Gasteiger partial charge in [0.25, 0.3) is 0 Å². The topological polar surface area (TPSA) is 189 Å². The number of nitrogens with one attached hydrogen (secondary N) is 3. The number of amides is 1. The van der Waals surface area contributed by atoms with E-state index >= 15 is 0 Å². The lowest BCUT2D eigenvalue weighted by Crippen LogP contribution is -2.39. The zero-order valence-electron chi connectivity index (χ0n) is 33.9. The van der Waals surface area contributed by atoms with Gasteiger partial charge in [-0.15, -0.1) is 0 Å². The van der Waals surface area contributed by atoms with E-state index < -0.39 is 0 Å². The van der Waals surface area contributed by atoms with Crippen LogP contribution in [0.1, 0.15) is 65.7 Å². The standard InChI is InChI=1S/C44H52FN13O/c1-26-22-28(3)48-41-37(26)39(46)53-43(55-41)51-33-16-20-58(21-17-33)25-30-6-10-32(11-7-30)49-36(59)13-12-35-23-27(2)38-40(47)54-44(56-42(38)50-35)52-34-14-18-57(19-15-34)24-29-4-8-31(45)9-5-29/h4-11,22-23,33-34H,12-21,24-25H2,1-3H3,(H,49,59)(H3,46,48,51,53,55)(H3,47,50,52,54,56). The number of carbonyl (C=O) groups excluding carboxylic acids is 1. The molecule has 0 bridgehead atoms. The third kappa shape index (κ3) is 9.81. The van der Waals surface area contributed by atoms with Crippen molar-refractivity contribution >= 4 is 57.2 Å². The SMILES string of the molecule is Cc1cc(C)c2c(N)nc(NC3CCN(Cc4ccc(NC(=O)CCc5cc(C)c6c(N)nc(NC7CCN(Cc8ccc(F)cc8)CC7)nc6n5)cc4)CC3)nc2n1. The molecule has 0 unspecified atom stereocenters. The van der Waals surface area contributed by atoms with Gasteiger partial charge in [-0.25, -0.2) is 14.4 Å². The average molecular weight is 798 g/mol. The molecule has 7 N–H and O–H groups in total. The number of aromatic nitrogens is 6. The number of rotatable bonds is 12. The third-order valence-corrected chi connectivity index (χ3v) is 11.4. The number of pyridine rings is 2. The molecule has 6 aromatic rings. The molecule has 14 nitrogen and oxygen atoms in total. The van der Waals surface area contributed by atoms with E-state index in [1.807, 2.05) is 57.2 Å². The lowest BCUT2D eigenvalue weighted by Gasteiger charge is -2.32. The Labute approximate surface area is 343 Å². The Balaban J connectivity index is 0.791. The van der Waals surface area contributed by atoms with Crippen LogP contribution in [0.5, 0.6) is 0 Å². The van der Waals surface area contributed by atoms with Gasteiger partial charge in [-0.2, -0.15) is 19.9 Å². The fourth-order valence-electron chi connectivity index (χ4n) is 8.28. The molecular weight excluding hydrogens is 746 g/mol. The number of piperidine rings is 2. The summed E-state index contributed by atoms with van der Waals surface area (Å²) < 4.78 is 13.3. The average Bonchev–Trinajstić information content (AvgIpc) is 3.19. The summed E-state index contributed by atoms with van der Waals surface area (Å²) in [5.74, 6) is 1.52. The van der Waals surface area contributed by atoms with Gasteiger partial charge in [0.2, 0.25) is 17.8 Å². The molecule has 2 aromatic carbocycles. The first-order chi connectivity index (χ1) is 28.5. The summed E-state index contributed by atoms with van der Waals surface area (Å²) in [6, 6.07) is 19.2. The van der Waals surface area contributed by atoms with Gasteiger partial charge in [0.15, 0.2) is 11.3 Å². The molecule has 8 rings (SSSR count). The number of nitrogens with zero attached hydrogens (tertiary/aromatic N) is 8. The smallest absolute Gasteiger partial charge is 0.226 e. The monoisotopic (exact) mass is 797 g/mol. The number of hydrogen-bond acceptors (Lipinski definition) is 13. The van der Waals surface area contributed by atoms with E-state index in [1.54, 1.807) is 0 Å². The molecule has 2 fully saturated rings. The number of likely N-dealkylation sites (tertiary alicyclic amines) is 2. The van der Waals surface area contributed by atoms with Crippen molar-refractivity contribution in [3.63, 3.8) is 0 Å². The van der Waals surface area contributed by atoms with E-state index in [9.17, 15) is 9.18 Å². The van der Waals surface area contributed by atoms with E-state index in [0.717, 1.165) is 109 Å². The molecule has 1 amide bonds. The van der Waals surface area contributed by atoms with Gasteiger partial charge >= 0.3 is 0 Å². The van der Waals surface area contributed by atoms with Crippen LogP contribution in [0, 0.1) is 26.6 Å². The number of nitrogens with two attached hydrogens (primary N) is 2. The summed E-state index contributed by atoms with van der Waals surface area (Å²) in [5.41, 5.74) is 20.5. The number of halogens is 1. The summed E-state index contributed by atoms with van der Waals surface area (Å²) in [5, 5.41) is 11.5. The van der Waals surface area contributed by atoms with Crippen LogP contribution in [-0.4, -0.2) is 83.9 Å². The molecule has 2 aliphatic heterocycles. The van der Waals surface area contributed by atoms with E-state index in [-0.39, 0.29) is 30.2 Å². The highest BCUT2D eigenvalue weighted by Gasteiger charge is 2.23. The third-order valence-electron chi connectivity index (χ3n) is 11.4. The van der Waals surface area contributed by atoms with E-state index in [4.69, 9.17) is 21.4 Å². The Morgan fingerprint density at radius 1 is 0.678 bits per heavy atom. The fourth-order valence-corrected chi connectivity index (χ4v) is 8.28. The van der Waals surface area contributed by atoms with Crippen LogP contribution >= 0.6 is 0 Å². The number of anilines is 5. The van der Waals surface area contributed by atoms with Crippen LogP contribution in [0.15, 0.2) is 60.7 Å². The van der Waals surface area contributed by atoms with E-state index in [1.165, 1.54) is 17.7 Å². The molecule has 6 heterocycles. The summed E-state index contributed by atoms with van der Waals surface area (Å²) in [4.78, 5) is 45.7. The summed E-state index contributed by atoms with van der Waals surface area (Å²) in [7, 11) is 0. The van der Waals surface area contributed by atoms with Crippen molar-refractivity contribution in [1.82, 2.24) is 39.7 Å². The first kappa shape index (κ1) is 39.8. The predicted octanol–water partition coefficient (Wildman–Crippen LogP) is 6.32. The summed E-state index contributed by atoms with van der Waals surface area (Å²) in [6.07, 6.45) is 4.49. The molecule has 306 valence electrons. The first-order valence-corrected chi connectivity index (χ1v) is 20.5. The summed E-state index contributed by atoms with van der Waals surface area (Å²) >= 11 is 0. The minimum Gasteiger partial charge on any atom is -0.383 e. The lowest BCUT2D eigenvalue weighted by atomic mass is 10.0. The largest absolute Gasteiger partial charge is 0.383 e. The maximum atomic E-state index is 13.3. The van der Waals surface area contributed by atoms with Gasteiger partial charge in [0.1, 0.15) is 17.5 Å². The lowest BCUT2D eigenvalue weighted by molar-refractivity contribution is -0.116. The minimum absolute atomic E-state index is 0.0830. The molecule has 2 saturated heterocycles. The molecule has 4 aromatic heterocycles. The fraction of sp³-hybridized carbons (Fsp3) is 0.386. The number of carbonyl (C=O) groups is 1. The molecule has 15 heteroatoms.